The van der Waals surface area contributed by atoms with E-state index in [2.05, 4.69) is 31.0 Å². The smallest absolute Gasteiger partial charge is 0.0309 e. The lowest BCUT2D eigenvalue weighted by Crippen LogP contribution is -2.67. The van der Waals surface area contributed by atoms with Crippen molar-refractivity contribution in [1.82, 2.24) is 10.2 Å². The van der Waals surface area contributed by atoms with Crippen LogP contribution in [0.25, 0.3) is 0 Å². The first-order valence-electron chi connectivity index (χ1n) is 9.51. The minimum absolute atomic E-state index is 0.388. The summed E-state index contributed by atoms with van der Waals surface area (Å²) >= 11 is 0. The molecule has 0 bridgehead atoms. The summed E-state index contributed by atoms with van der Waals surface area (Å²) in [6, 6.07) is 1.57. The number of hydrogen-bond acceptors (Lipinski definition) is 2. The van der Waals surface area contributed by atoms with Crippen molar-refractivity contribution >= 4 is 0 Å². The minimum Gasteiger partial charge on any atom is -0.308 e. The molecule has 2 saturated carbocycles. The molecule has 2 nitrogen and oxygen atoms in total. The maximum atomic E-state index is 3.99. The van der Waals surface area contributed by atoms with E-state index in [0.29, 0.717) is 17.0 Å². The number of piperazine rings is 1. The molecule has 122 valence electrons. The molecule has 3 rings (SSSR count). The van der Waals surface area contributed by atoms with Crippen LogP contribution in [0.15, 0.2) is 0 Å². The molecule has 2 aliphatic carbocycles. The fraction of sp³-hybridized carbons (Fsp3) is 1.00. The molecule has 21 heavy (non-hydrogen) atoms. The van der Waals surface area contributed by atoms with Gasteiger partial charge in [0.25, 0.3) is 0 Å². The Kier molecular flexibility index (Phi) is 4.66. The zero-order chi connectivity index (χ0) is 14.9. The van der Waals surface area contributed by atoms with Crippen LogP contribution < -0.4 is 5.32 Å². The second kappa shape index (κ2) is 6.20. The van der Waals surface area contributed by atoms with Crippen LogP contribution in [0.3, 0.4) is 0 Å². The van der Waals surface area contributed by atoms with Gasteiger partial charge in [0.2, 0.25) is 0 Å². The van der Waals surface area contributed by atoms with E-state index in [-0.39, 0.29) is 0 Å². The van der Waals surface area contributed by atoms with Gasteiger partial charge < -0.3 is 5.32 Å². The summed E-state index contributed by atoms with van der Waals surface area (Å²) in [7, 11) is 0. The molecule has 1 heterocycles. The van der Waals surface area contributed by atoms with Gasteiger partial charge in [0.15, 0.2) is 0 Å². The van der Waals surface area contributed by atoms with Gasteiger partial charge in [-0.25, -0.2) is 0 Å². The Morgan fingerprint density at radius 1 is 0.905 bits per heavy atom. The van der Waals surface area contributed by atoms with Gasteiger partial charge in [-0.15, -0.1) is 0 Å². The Morgan fingerprint density at radius 3 is 2.10 bits per heavy atom. The first-order chi connectivity index (χ1) is 10.0. The third-order valence-corrected chi connectivity index (χ3v) is 6.41. The van der Waals surface area contributed by atoms with Gasteiger partial charge in [-0.05, 0) is 31.1 Å². The average molecular weight is 293 g/mol. The molecule has 1 aliphatic heterocycles. The Labute approximate surface area is 132 Å². The van der Waals surface area contributed by atoms with E-state index >= 15 is 0 Å². The monoisotopic (exact) mass is 292 g/mol. The first-order valence-corrected chi connectivity index (χ1v) is 9.51. The van der Waals surface area contributed by atoms with Crippen LogP contribution in [-0.4, -0.2) is 35.6 Å². The maximum absolute atomic E-state index is 3.99. The second-order valence-corrected chi connectivity index (χ2v) is 9.07. The predicted molar refractivity (Wildman–Crippen MR) is 90.6 cm³/mol. The van der Waals surface area contributed by atoms with E-state index in [0.717, 1.165) is 6.04 Å². The molecule has 3 fully saturated rings. The number of rotatable bonds is 1. The summed E-state index contributed by atoms with van der Waals surface area (Å²) in [5.74, 6) is 0. The molecule has 0 radical (unpaired) electrons. The Hall–Kier alpha value is -0.0800. The molecular formula is C19H36N2. The molecule has 0 aromatic rings. The highest BCUT2D eigenvalue weighted by atomic mass is 15.3. The van der Waals surface area contributed by atoms with Crippen LogP contribution in [0, 0.1) is 5.41 Å². The highest BCUT2D eigenvalue weighted by Gasteiger charge is 2.46. The lowest BCUT2D eigenvalue weighted by Gasteiger charge is -2.53. The summed E-state index contributed by atoms with van der Waals surface area (Å²) in [5.41, 5.74) is 0.855. The van der Waals surface area contributed by atoms with Crippen molar-refractivity contribution < 1.29 is 0 Å². The topological polar surface area (TPSA) is 15.3 Å². The van der Waals surface area contributed by atoms with Crippen molar-refractivity contribution in [3.05, 3.63) is 0 Å². The summed E-state index contributed by atoms with van der Waals surface area (Å²) < 4.78 is 0. The van der Waals surface area contributed by atoms with Crippen molar-refractivity contribution in [3.63, 3.8) is 0 Å². The van der Waals surface area contributed by atoms with Crippen LogP contribution >= 0.6 is 0 Å². The molecule has 1 spiro atoms. The third kappa shape index (κ3) is 3.47. The summed E-state index contributed by atoms with van der Waals surface area (Å²) in [6.07, 6.45) is 14.4. The Morgan fingerprint density at radius 2 is 1.52 bits per heavy atom. The zero-order valence-corrected chi connectivity index (χ0v) is 14.6. The number of hydrogen-bond donors (Lipinski definition) is 1. The van der Waals surface area contributed by atoms with E-state index in [1.807, 2.05) is 0 Å². The summed E-state index contributed by atoms with van der Waals surface area (Å²) in [6.45, 7) is 9.85. The Balaban J connectivity index is 1.78. The molecule has 2 heteroatoms. The molecule has 1 saturated heterocycles. The van der Waals surface area contributed by atoms with E-state index in [4.69, 9.17) is 0 Å². The Bertz CT molecular complexity index is 330. The van der Waals surface area contributed by atoms with Crippen molar-refractivity contribution in [1.29, 1.82) is 0 Å². The number of nitrogens with zero attached hydrogens (tertiary/aromatic N) is 1. The minimum atomic E-state index is 0.388. The van der Waals surface area contributed by atoms with Crippen LogP contribution in [0.2, 0.25) is 0 Å². The summed E-state index contributed by atoms with van der Waals surface area (Å²) in [4.78, 5) is 2.97. The SMILES string of the molecule is CC(C)(C)C1CNC2(CCCC2)CN1C1CCCCCC1. The van der Waals surface area contributed by atoms with Gasteiger partial charge >= 0.3 is 0 Å². The highest BCUT2D eigenvalue weighted by Crippen LogP contribution is 2.39. The highest BCUT2D eigenvalue weighted by molar-refractivity contribution is 5.04. The van der Waals surface area contributed by atoms with Gasteiger partial charge in [-0.1, -0.05) is 59.3 Å². The lowest BCUT2D eigenvalue weighted by atomic mass is 9.79. The standard InChI is InChI=1S/C19H36N2/c1-18(2,3)17-14-20-19(12-8-9-13-19)15-21(17)16-10-6-4-5-7-11-16/h16-17,20H,4-15H2,1-3H3. The molecule has 0 aromatic heterocycles. The van der Waals surface area contributed by atoms with Crippen LogP contribution in [-0.2, 0) is 0 Å². The van der Waals surface area contributed by atoms with Crippen LogP contribution in [0.4, 0.5) is 0 Å². The molecule has 0 aromatic carbocycles. The largest absolute Gasteiger partial charge is 0.308 e. The molecule has 3 aliphatic rings. The quantitative estimate of drug-likeness (QED) is 0.723. The normalized spacial score (nSPS) is 32.4. The van der Waals surface area contributed by atoms with Gasteiger partial charge in [-0.2, -0.15) is 0 Å². The number of nitrogens with one attached hydrogen (secondary N) is 1. The van der Waals surface area contributed by atoms with Gasteiger partial charge in [0.1, 0.15) is 0 Å². The van der Waals surface area contributed by atoms with Crippen molar-refractivity contribution in [2.75, 3.05) is 13.1 Å². The zero-order valence-electron chi connectivity index (χ0n) is 14.6. The van der Waals surface area contributed by atoms with Crippen LogP contribution in [0.1, 0.15) is 85.0 Å². The van der Waals surface area contributed by atoms with E-state index in [1.165, 1.54) is 77.3 Å². The molecular weight excluding hydrogens is 256 g/mol. The molecule has 0 amide bonds. The van der Waals surface area contributed by atoms with Crippen molar-refractivity contribution in [2.45, 2.75) is 103 Å². The lowest BCUT2D eigenvalue weighted by molar-refractivity contribution is -0.0113. The first kappa shape index (κ1) is 15.8. The average Bonchev–Trinajstić information content (AvgIpc) is 2.72. The van der Waals surface area contributed by atoms with E-state index < -0.39 is 0 Å². The molecule has 1 N–H and O–H groups in total. The van der Waals surface area contributed by atoms with E-state index in [1.54, 1.807) is 0 Å². The predicted octanol–water partition coefficient (Wildman–Crippen LogP) is 4.34. The fourth-order valence-electron chi connectivity index (χ4n) is 5.11. The summed E-state index contributed by atoms with van der Waals surface area (Å²) in [5, 5.41) is 3.99. The van der Waals surface area contributed by atoms with Crippen molar-refractivity contribution in [3.8, 4) is 0 Å². The van der Waals surface area contributed by atoms with Gasteiger partial charge in [0.05, 0.1) is 0 Å². The fourth-order valence-corrected chi connectivity index (χ4v) is 5.11. The second-order valence-electron chi connectivity index (χ2n) is 9.07. The van der Waals surface area contributed by atoms with Crippen LogP contribution in [0.5, 0.6) is 0 Å². The van der Waals surface area contributed by atoms with Crippen molar-refractivity contribution in [2.24, 2.45) is 5.41 Å². The maximum Gasteiger partial charge on any atom is 0.0309 e. The molecule has 1 atom stereocenters. The molecule has 1 unspecified atom stereocenters. The van der Waals surface area contributed by atoms with Gasteiger partial charge in [0, 0.05) is 30.7 Å². The van der Waals surface area contributed by atoms with E-state index in [9.17, 15) is 0 Å². The third-order valence-electron chi connectivity index (χ3n) is 6.41. The van der Waals surface area contributed by atoms with Gasteiger partial charge in [-0.3, -0.25) is 4.90 Å².